The second-order valence-corrected chi connectivity index (χ2v) is 7.17. The third-order valence-electron chi connectivity index (χ3n) is 3.99. The maximum atomic E-state index is 12.6. The van der Waals surface area contributed by atoms with E-state index in [0.717, 1.165) is 24.0 Å². The predicted octanol–water partition coefficient (Wildman–Crippen LogP) is 2.08. The predicted molar refractivity (Wildman–Crippen MR) is 81.4 cm³/mol. The molecule has 1 aliphatic rings. The van der Waals surface area contributed by atoms with E-state index in [2.05, 4.69) is 4.72 Å². The average molecular weight is 313 g/mol. The molecule has 21 heavy (non-hydrogen) atoms. The van der Waals surface area contributed by atoms with Crippen LogP contribution in [0.25, 0.3) is 0 Å². The summed E-state index contributed by atoms with van der Waals surface area (Å²) in [5.41, 5.74) is 2.27. The zero-order valence-electron chi connectivity index (χ0n) is 13.0. The smallest absolute Gasteiger partial charge is 0.241 e. The lowest BCUT2D eigenvalue weighted by Crippen LogP contribution is -2.32. The Morgan fingerprint density at radius 1 is 1.33 bits per heavy atom. The molecule has 2 rings (SSSR count). The van der Waals surface area contributed by atoms with Gasteiger partial charge in [0.15, 0.2) is 0 Å². The van der Waals surface area contributed by atoms with Crippen LogP contribution in [0.2, 0.25) is 0 Å². The number of nitrogens with one attached hydrogen (secondary N) is 1. The first-order valence-electron chi connectivity index (χ1n) is 7.13. The van der Waals surface area contributed by atoms with E-state index in [1.54, 1.807) is 20.1 Å². The highest BCUT2D eigenvalue weighted by Crippen LogP contribution is 2.30. The van der Waals surface area contributed by atoms with Gasteiger partial charge in [-0.25, -0.2) is 13.1 Å². The first-order valence-corrected chi connectivity index (χ1v) is 8.61. The Morgan fingerprint density at radius 2 is 2.05 bits per heavy atom. The van der Waals surface area contributed by atoms with Crippen molar-refractivity contribution >= 4 is 10.0 Å². The Kier molecular flexibility index (Phi) is 4.91. The van der Waals surface area contributed by atoms with Crippen LogP contribution in [0.4, 0.5) is 0 Å². The van der Waals surface area contributed by atoms with E-state index in [4.69, 9.17) is 9.47 Å². The summed E-state index contributed by atoms with van der Waals surface area (Å²) < 4.78 is 38.6. The van der Waals surface area contributed by atoms with Crippen LogP contribution in [0.1, 0.15) is 29.5 Å². The third-order valence-corrected chi connectivity index (χ3v) is 5.70. The van der Waals surface area contributed by atoms with Crippen molar-refractivity contribution in [2.24, 2.45) is 0 Å². The van der Waals surface area contributed by atoms with Gasteiger partial charge in [-0.3, -0.25) is 0 Å². The van der Waals surface area contributed by atoms with Gasteiger partial charge in [-0.15, -0.1) is 0 Å². The van der Waals surface area contributed by atoms with E-state index in [9.17, 15) is 8.42 Å². The van der Waals surface area contributed by atoms with Crippen molar-refractivity contribution in [1.29, 1.82) is 0 Å². The minimum atomic E-state index is -3.54. The van der Waals surface area contributed by atoms with E-state index >= 15 is 0 Å². The van der Waals surface area contributed by atoms with Crippen LogP contribution in [0.15, 0.2) is 11.0 Å². The molecule has 1 unspecified atom stereocenters. The molecule has 0 spiro atoms. The Morgan fingerprint density at radius 3 is 2.62 bits per heavy atom. The van der Waals surface area contributed by atoms with Crippen molar-refractivity contribution in [2.45, 2.75) is 44.6 Å². The molecule has 0 aromatic heterocycles. The Bertz CT molecular complexity index is 619. The fourth-order valence-corrected chi connectivity index (χ4v) is 4.32. The molecule has 1 aromatic carbocycles. The molecule has 1 N–H and O–H groups in total. The summed E-state index contributed by atoms with van der Waals surface area (Å²) in [4.78, 5) is 0.346. The van der Waals surface area contributed by atoms with Crippen molar-refractivity contribution in [1.82, 2.24) is 4.72 Å². The van der Waals surface area contributed by atoms with Gasteiger partial charge in [0, 0.05) is 13.2 Å². The van der Waals surface area contributed by atoms with Crippen LogP contribution < -0.4 is 9.46 Å². The van der Waals surface area contributed by atoms with Gasteiger partial charge in [-0.1, -0.05) is 0 Å². The number of ether oxygens (including phenoxy) is 2. The number of methoxy groups -OCH3 is 1. The van der Waals surface area contributed by atoms with Crippen molar-refractivity contribution in [3.63, 3.8) is 0 Å². The van der Waals surface area contributed by atoms with Crippen LogP contribution in [0, 0.1) is 20.8 Å². The molecule has 0 radical (unpaired) electrons. The molecule has 1 fully saturated rings. The van der Waals surface area contributed by atoms with Crippen molar-refractivity contribution in [3.05, 3.63) is 22.8 Å². The molecule has 1 saturated heterocycles. The van der Waals surface area contributed by atoms with Crippen LogP contribution in [0.5, 0.6) is 5.75 Å². The van der Waals surface area contributed by atoms with Gasteiger partial charge in [0.05, 0.1) is 18.1 Å². The van der Waals surface area contributed by atoms with Gasteiger partial charge in [-0.05, 0) is 56.4 Å². The monoisotopic (exact) mass is 313 g/mol. The van der Waals surface area contributed by atoms with Gasteiger partial charge in [0.2, 0.25) is 10.0 Å². The van der Waals surface area contributed by atoms with Crippen molar-refractivity contribution < 1.29 is 17.9 Å². The van der Waals surface area contributed by atoms with Crippen LogP contribution in [-0.2, 0) is 14.8 Å². The molecular weight excluding hydrogens is 290 g/mol. The fraction of sp³-hybridized carbons (Fsp3) is 0.600. The lowest BCUT2D eigenvalue weighted by atomic mass is 10.1. The molecule has 1 aliphatic heterocycles. The lowest BCUT2D eigenvalue weighted by Gasteiger charge is -2.17. The van der Waals surface area contributed by atoms with Gasteiger partial charge < -0.3 is 9.47 Å². The fourth-order valence-electron chi connectivity index (χ4n) is 2.73. The Labute approximate surface area is 126 Å². The molecule has 1 aromatic rings. The van der Waals surface area contributed by atoms with Gasteiger partial charge >= 0.3 is 0 Å². The maximum absolute atomic E-state index is 12.6. The first kappa shape index (κ1) is 16.3. The van der Waals surface area contributed by atoms with Gasteiger partial charge in [0.1, 0.15) is 5.75 Å². The average Bonchev–Trinajstić information content (AvgIpc) is 2.94. The number of aryl methyl sites for hydroxylation is 1. The molecule has 0 amide bonds. The number of hydrogen-bond acceptors (Lipinski definition) is 4. The van der Waals surface area contributed by atoms with E-state index in [1.165, 1.54) is 0 Å². The van der Waals surface area contributed by atoms with Gasteiger partial charge in [0.25, 0.3) is 0 Å². The first-order chi connectivity index (χ1) is 9.86. The zero-order chi connectivity index (χ0) is 15.6. The highest BCUT2D eigenvalue weighted by molar-refractivity contribution is 7.89. The van der Waals surface area contributed by atoms with E-state index < -0.39 is 10.0 Å². The molecule has 0 bridgehead atoms. The number of benzene rings is 1. The van der Waals surface area contributed by atoms with E-state index in [0.29, 0.717) is 29.4 Å². The normalized spacial score (nSPS) is 19.0. The molecular formula is C15H23NO4S. The standard InChI is InChI=1S/C15H23NO4S/c1-10-8-14(19-4)11(2)12(3)15(10)21(17,18)16-9-13-6-5-7-20-13/h8,13,16H,5-7,9H2,1-4H3. The van der Waals surface area contributed by atoms with Crippen molar-refractivity contribution in [3.8, 4) is 5.75 Å². The minimum Gasteiger partial charge on any atom is -0.496 e. The Hall–Kier alpha value is -1.11. The highest BCUT2D eigenvalue weighted by Gasteiger charge is 2.24. The second-order valence-electron chi connectivity index (χ2n) is 5.46. The summed E-state index contributed by atoms with van der Waals surface area (Å²) >= 11 is 0. The maximum Gasteiger partial charge on any atom is 0.241 e. The summed E-state index contributed by atoms with van der Waals surface area (Å²) in [6.07, 6.45) is 1.88. The largest absolute Gasteiger partial charge is 0.496 e. The quantitative estimate of drug-likeness (QED) is 0.904. The molecule has 0 saturated carbocycles. The third kappa shape index (κ3) is 3.39. The lowest BCUT2D eigenvalue weighted by molar-refractivity contribution is 0.114. The molecule has 118 valence electrons. The summed E-state index contributed by atoms with van der Waals surface area (Å²) in [7, 11) is -1.95. The number of hydrogen-bond donors (Lipinski definition) is 1. The molecule has 1 atom stereocenters. The van der Waals surface area contributed by atoms with E-state index in [-0.39, 0.29) is 6.10 Å². The highest BCUT2D eigenvalue weighted by atomic mass is 32.2. The molecule has 6 heteroatoms. The van der Waals surface area contributed by atoms with Crippen LogP contribution in [0.3, 0.4) is 0 Å². The van der Waals surface area contributed by atoms with Crippen LogP contribution in [-0.4, -0.2) is 34.8 Å². The molecule has 1 heterocycles. The topological polar surface area (TPSA) is 64.6 Å². The number of rotatable bonds is 5. The minimum absolute atomic E-state index is 0.0141. The summed E-state index contributed by atoms with van der Waals surface area (Å²) in [5.74, 6) is 0.711. The summed E-state index contributed by atoms with van der Waals surface area (Å²) in [6.45, 7) is 6.51. The second kappa shape index (κ2) is 6.34. The van der Waals surface area contributed by atoms with E-state index in [1.807, 2.05) is 13.8 Å². The zero-order valence-corrected chi connectivity index (χ0v) is 13.8. The molecule has 5 nitrogen and oxygen atoms in total. The summed E-state index contributed by atoms with van der Waals surface area (Å²) in [6, 6.07) is 1.77. The Balaban J connectivity index is 2.29. The SMILES string of the molecule is COc1cc(C)c(S(=O)(=O)NCC2CCCO2)c(C)c1C. The van der Waals surface area contributed by atoms with Crippen LogP contribution >= 0.6 is 0 Å². The summed E-state index contributed by atoms with van der Waals surface area (Å²) in [5, 5.41) is 0. The molecule has 0 aliphatic carbocycles. The van der Waals surface area contributed by atoms with Gasteiger partial charge in [-0.2, -0.15) is 0 Å². The van der Waals surface area contributed by atoms with Crippen molar-refractivity contribution in [2.75, 3.05) is 20.3 Å². The number of sulfonamides is 1.